The first-order chi connectivity index (χ1) is 7.68. The quantitative estimate of drug-likeness (QED) is 0.557. The van der Waals surface area contributed by atoms with E-state index in [2.05, 4.69) is 9.88 Å². The van der Waals surface area contributed by atoms with Gasteiger partial charge in [0.2, 0.25) is 0 Å². The highest BCUT2D eigenvalue weighted by molar-refractivity contribution is 5.44. The van der Waals surface area contributed by atoms with Crippen LogP contribution in [-0.4, -0.2) is 35.7 Å². The minimum absolute atomic E-state index is 0.0182. The van der Waals surface area contributed by atoms with Crippen LogP contribution in [0.25, 0.3) is 0 Å². The van der Waals surface area contributed by atoms with Gasteiger partial charge in [0.15, 0.2) is 0 Å². The van der Waals surface area contributed by atoms with Crippen LogP contribution in [0.2, 0.25) is 0 Å². The summed E-state index contributed by atoms with van der Waals surface area (Å²) in [4.78, 5) is 16.2. The Morgan fingerprint density at radius 1 is 1.62 bits per heavy atom. The number of pyridine rings is 1. The Morgan fingerprint density at radius 2 is 2.44 bits per heavy atom. The third-order valence-corrected chi connectivity index (χ3v) is 2.60. The Morgan fingerprint density at radius 3 is 3.00 bits per heavy atom. The van der Waals surface area contributed by atoms with E-state index in [-0.39, 0.29) is 11.7 Å². The standard InChI is InChI=1S/C10H13N3O3/c1-8-7-16-5-4-12(8)10-3-2-9(6-11-10)13(14)15/h2-3,6,8H,4-5,7H2,1H3. The minimum atomic E-state index is -0.445. The maximum absolute atomic E-state index is 10.5. The summed E-state index contributed by atoms with van der Waals surface area (Å²) in [7, 11) is 0. The number of nitro groups is 1. The van der Waals surface area contributed by atoms with Gasteiger partial charge in [0.1, 0.15) is 12.0 Å². The molecule has 1 unspecified atom stereocenters. The zero-order valence-electron chi connectivity index (χ0n) is 9.00. The van der Waals surface area contributed by atoms with E-state index < -0.39 is 4.92 Å². The van der Waals surface area contributed by atoms with Gasteiger partial charge >= 0.3 is 0 Å². The lowest BCUT2D eigenvalue weighted by molar-refractivity contribution is -0.385. The van der Waals surface area contributed by atoms with Gasteiger partial charge in [-0.1, -0.05) is 0 Å². The van der Waals surface area contributed by atoms with E-state index in [0.29, 0.717) is 13.2 Å². The van der Waals surface area contributed by atoms with Crippen molar-refractivity contribution >= 4 is 11.5 Å². The molecule has 1 aliphatic heterocycles. The molecule has 0 spiro atoms. The molecule has 6 nitrogen and oxygen atoms in total. The van der Waals surface area contributed by atoms with Crippen molar-refractivity contribution in [1.29, 1.82) is 0 Å². The number of aromatic nitrogens is 1. The summed E-state index contributed by atoms with van der Waals surface area (Å²) in [5.74, 6) is 0.765. The van der Waals surface area contributed by atoms with Crippen molar-refractivity contribution in [3.05, 3.63) is 28.4 Å². The molecule has 0 bridgehead atoms. The van der Waals surface area contributed by atoms with Crippen LogP contribution in [0.4, 0.5) is 11.5 Å². The van der Waals surface area contributed by atoms with Gasteiger partial charge in [-0.15, -0.1) is 0 Å². The smallest absolute Gasteiger partial charge is 0.287 e. The van der Waals surface area contributed by atoms with Crippen LogP contribution in [0.5, 0.6) is 0 Å². The zero-order chi connectivity index (χ0) is 11.5. The van der Waals surface area contributed by atoms with Crippen LogP contribution in [0.15, 0.2) is 18.3 Å². The molecule has 0 aromatic carbocycles. The SMILES string of the molecule is CC1COCCN1c1ccc([N+](=O)[O-])cn1. The van der Waals surface area contributed by atoms with Gasteiger partial charge in [-0.2, -0.15) is 0 Å². The number of hydrogen-bond acceptors (Lipinski definition) is 5. The number of ether oxygens (including phenoxy) is 1. The third kappa shape index (κ3) is 2.11. The highest BCUT2D eigenvalue weighted by atomic mass is 16.6. The van der Waals surface area contributed by atoms with Crippen molar-refractivity contribution in [3.63, 3.8) is 0 Å². The van der Waals surface area contributed by atoms with E-state index in [1.165, 1.54) is 12.3 Å². The summed E-state index contributed by atoms with van der Waals surface area (Å²) in [5, 5.41) is 10.5. The van der Waals surface area contributed by atoms with E-state index >= 15 is 0 Å². The molecule has 0 radical (unpaired) electrons. The lowest BCUT2D eigenvalue weighted by Gasteiger charge is -2.34. The first-order valence-electron chi connectivity index (χ1n) is 5.13. The topological polar surface area (TPSA) is 68.5 Å². The van der Waals surface area contributed by atoms with Crippen molar-refractivity contribution in [2.45, 2.75) is 13.0 Å². The molecule has 0 N–H and O–H groups in total. The van der Waals surface area contributed by atoms with Gasteiger partial charge in [0.05, 0.1) is 24.2 Å². The van der Waals surface area contributed by atoms with Gasteiger partial charge in [0.25, 0.3) is 5.69 Å². The Balaban J connectivity index is 2.17. The predicted octanol–water partition coefficient (Wildman–Crippen LogP) is 1.21. The fourth-order valence-electron chi connectivity index (χ4n) is 1.72. The molecule has 1 saturated heterocycles. The van der Waals surface area contributed by atoms with Crippen molar-refractivity contribution < 1.29 is 9.66 Å². The molecule has 2 rings (SSSR count). The second kappa shape index (κ2) is 4.44. The van der Waals surface area contributed by atoms with E-state index in [1.54, 1.807) is 6.07 Å². The highest BCUT2D eigenvalue weighted by Crippen LogP contribution is 2.19. The van der Waals surface area contributed by atoms with Crippen molar-refractivity contribution in [1.82, 2.24) is 4.98 Å². The fraction of sp³-hybridized carbons (Fsp3) is 0.500. The monoisotopic (exact) mass is 223 g/mol. The molecule has 0 amide bonds. The average Bonchev–Trinajstić information content (AvgIpc) is 2.30. The lowest BCUT2D eigenvalue weighted by atomic mass is 10.2. The molecule has 1 atom stereocenters. The van der Waals surface area contributed by atoms with Gasteiger partial charge in [-0.25, -0.2) is 4.98 Å². The van der Waals surface area contributed by atoms with Crippen LogP contribution >= 0.6 is 0 Å². The van der Waals surface area contributed by atoms with Crippen molar-refractivity contribution in [3.8, 4) is 0 Å². The Bertz CT molecular complexity index is 379. The molecular formula is C10H13N3O3. The largest absolute Gasteiger partial charge is 0.377 e. The average molecular weight is 223 g/mol. The first-order valence-corrected chi connectivity index (χ1v) is 5.13. The van der Waals surface area contributed by atoms with Crippen LogP contribution < -0.4 is 4.90 Å². The summed E-state index contributed by atoms with van der Waals surface area (Å²) in [6.45, 7) is 4.15. The second-order valence-electron chi connectivity index (χ2n) is 3.75. The van der Waals surface area contributed by atoms with Gasteiger partial charge in [-0.05, 0) is 13.0 Å². The summed E-state index contributed by atoms with van der Waals surface area (Å²) >= 11 is 0. The summed E-state index contributed by atoms with van der Waals surface area (Å²) in [5.41, 5.74) is 0.0182. The van der Waals surface area contributed by atoms with Gasteiger partial charge < -0.3 is 9.64 Å². The zero-order valence-corrected chi connectivity index (χ0v) is 9.00. The third-order valence-electron chi connectivity index (χ3n) is 2.60. The summed E-state index contributed by atoms with van der Waals surface area (Å²) in [6.07, 6.45) is 1.29. The van der Waals surface area contributed by atoms with Crippen molar-refractivity contribution in [2.24, 2.45) is 0 Å². The fourth-order valence-corrected chi connectivity index (χ4v) is 1.72. The maximum atomic E-state index is 10.5. The molecule has 1 aliphatic rings. The number of morpholine rings is 1. The molecule has 1 aromatic rings. The molecule has 86 valence electrons. The Labute approximate surface area is 93.0 Å². The first kappa shape index (κ1) is 10.8. The summed E-state index contributed by atoms with van der Waals surface area (Å²) in [6, 6.07) is 3.41. The van der Waals surface area contributed by atoms with Crippen LogP contribution in [0.3, 0.4) is 0 Å². The number of hydrogen-bond donors (Lipinski definition) is 0. The van der Waals surface area contributed by atoms with E-state index in [0.717, 1.165) is 12.4 Å². The molecule has 16 heavy (non-hydrogen) atoms. The molecule has 0 saturated carbocycles. The van der Waals surface area contributed by atoms with E-state index in [4.69, 9.17) is 4.74 Å². The Kier molecular flexibility index (Phi) is 3.00. The van der Waals surface area contributed by atoms with E-state index in [1.807, 2.05) is 6.92 Å². The van der Waals surface area contributed by atoms with Crippen molar-refractivity contribution in [2.75, 3.05) is 24.7 Å². The molecular weight excluding hydrogens is 210 g/mol. The molecule has 1 aromatic heterocycles. The predicted molar refractivity (Wildman–Crippen MR) is 58.5 cm³/mol. The molecule has 0 aliphatic carbocycles. The van der Waals surface area contributed by atoms with Crippen LogP contribution in [0, 0.1) is 10.1 Å². The minimum Gasteiger partial charge on any atom is -0.377 e. The number of rotatable bonds is 2. The lowest BCUT2D eigenvalue weighted by Crippen LogP contribution is -2.44. The van der Waals surface area contributed by atoms with Gasteiger partial charge in [0, 0.05) is 12.6 Å². The van der Waals surface area contributed by atoms with E-state index in [9.17, 15) is 10.1 Å². The Hall–Kier alpha value is -1.69. The summed E-state index contributed by atoms with van der Waals surface area (Å²) < 4.78 is 5.32. The molecule has 1 fully saturated rings. The number of nitrogens with zero attached hydrogens (tertiary/aromatic N) is 3. The normalized spacial score (nSPS) is 20.8. The molecule has 2 heterocycles. The molecule has 6 heteroatoms. The maximum Gasteiger partial charge on any atom is 0.287 e. The van der Waals surface area contributed by atoms with Crippen LogP contribution in [-0.2, 0) is 4.74 Å². The second-order valence-corrected chi connectivity index (χ2v) is 3.75. The highest BCUT2D eigenvalue weighted by Gasteiger charge is 2.20. The van der Waals surface area contributed by atoms with Gasteiger partial charge in [-0.3, -0.25) is 10.1 Å². The van der Waals surface area contributed by atoms with Crippen LogP contribution in [0.1, 0.15) is 6.92 Å². The number of anilines is 1.